The van der Waals surface area contributed by atoms with Crippen molar-refractivity contribution >= 4 is 23.3 Å². The van der Waals surface area contributed by atoms with Crippen LogP contribution in [0.3, 0.4) is 0 Å². The van der Waals surface area contributed by atoms with Crippen LogP contribution in [0, 0.1) is 0 Å². The van der Waals surface area contributed by atoms with Gasteiger partial charge >= 0.3 is 5.97 Å². The van der Waals surface area contributed by atoms with E-state index in [4.69, 9.17) is 4.74 Å². The number of hydrogen-bond donors (Lipinski definition) is 1. The predicted molar refractivity (Wildman–Crippen MR) is 103 cm³/mol. The standard InChI is InChI=1S/C21H22N4O2/c1-2-27-21(26)19-20(23-17-9-7-15(11-22-17)13-3-4-13)25-12-16(14-5-6-14)8-10-18(25)24-19/h7-14H,2-6H2,1H3,(H,22,23). The maximum absolute atomic E-state index is 12.4. The lowest BCUT2D eigenvalue weighted by Crippen LogP contribution is -2.09. The van der Waals surface area contributed by atoms with Gasteiger partial charge in [0.25, 0.3) is 0 Å². The summed E-state index contributed by atoms with van der Waals surface area (Å²) in [4.78, 5) is 21.5. The summed E-state index contributed by atoms with van der Waals surface area (Å²) >= 11 is 0. The van der Waals surface area contributed by atoms with E-state index in [1.165, 1.54) is 36.8 Å². The summed E-state index contributed by atoms with van der Waals surface area (Å²) in [6.07, 6.45) is 8.93. The van der Waals surface area contributed by atoms with Gasteiger partial charge in [0.1, 0.15) is 11.5 Å². The number of fused-ring (bicyclic) bond motifs is 1. The topological polar surface area (TPSA) is 68.5 Å². The van der Waals surface area contributed by atoms with Gasteiger partial charge in [-0.3, -0.25) is 4.40 Å². The van der Waals surface area contributed by atoms with Crippen molar-refractivity contribution in [3.8, 4) is 0 Å². The molecule has 6 nitrogen and oxygen atoms in total. The first kappa shape index (κ1) is 16.3. The van der Waals surface area contributed by atoms with Gasteiger partial charge in [0.15, 0.2) is 11.5 Å². The van der Waals surface area contributed by atoms with Crippen molar-refractivity contribution in [2.45, 2.75) is 44.4 Å². The van der Waals surface area contributed by atoms with Crippen LogP contribution in [0.1, 0.15) is 66.1 Å². The Labute approximate surface area is 157 Å². The zero-order chi connectivity index (χ0) is 18.4. The van der Waals surface area contributed by atoms with Crippen molar-refractivity contribution < 1.29 is 9.53 Å². The molecule has 2 fully saturated rings. The number of nitrogens with one attached hydrogen (secondary N) is 1. The molecule has 138 valence electrons. The first-order valence-electron chi connectivity index (χ1n) is 9.65. The molecule has 3 aromatic heterocycles. The monoisotopic (exact) mass is 362 g/mol. The van der Waals surface area contributed by atoms with Gasteiger partial charge < -0.3 is 10.1 Å². The van der Waals surface area contributed by atoms with Gasteiger partial charge in [0, 0.05) is 12.4 Å². The second kappa shape index (κ2) is 6.37. The lowest BCUT2D eigenvalue weighted by Gasteiger charge is -2.09. The third-order valence-corrected chi connectivity index (χ3v) is 5.24. The van der Waals surface area contributed by atoms with Crippen molar-refractivity contribution in [2.75, 3.05) is 11.9 Å². The average Bonchev–Trinajstić information content (AvgIpc) is 3.59. The fourth-order valence-corrected chi connectivity index (χ4v) is 3.44. The van der Waals surface area contributed by atoms with Crippen molar-refractivity contribution in [1.82, 2.24) is 14.4 Å². The molecule has 0 spiro atoms. The largest absolute Gasteiger partial charge is 0.461 e. The Kier molecular flexibility index (Phi) is 3.85. The highest BCUT2D eigenvalue weighted by molar-refractivity contribution is 5.95. The minimum atomic E-state index is -0.425. The van der Waals surface area contributed by atoms with Crippen LogP contribution in [-0.2, 0) is 4.74 Å². The third kappa shape index (κ3) is 3.16. The third-order valence-electron chi connectivity index (χ3n) is 5.24. The van der Waals surface area contributed by atoms with E-state index < -0.39 is 5.97 Å². The summed E-state index contributed by atoms with van der Waals surface area (Å²) in [5, 5.41) is 3.30. The van der Waals surface area contributed by atoms with Crippen molar-refractivity contribution in [3.63, 3.8) is 0 Å². The molecule has 6 heteroatoms. The quantitative estimate of drug-likeness (QED) is 0.658. The molecule has 0 saturated heterocycles. The van der Waals surface area contributed by atoms with Crippen LogP contribution in [0.2, 0.25) is 0 Å². The lowest BCUT2D eigenvalue weighted by molar-refractivity contribution is 0.0521. The number of anilines is 2. The maximum atomic E-state index is 12.4. The van der Waals surface area contributed by atoms with Gasteiger partial charge in [-0.25, -0.2) is 14.8 Å². The number of pyridine rings is 2. The Morgan fingerprint density at radius 3 is 2.56 bits per heavy atom. The van der Waals surface area contributed by atoms with Crippen LogP contribution in [-0.4, -0.2) is 26.9 Å². The molecular formula is C21H22N4O2. The normalized spacial score (nSPS) is 16.5. The minimum Gasteiger partial charge on any atom is -0.461 e. The number of rotatable bonds is 6. The summed E-state index contributed by atoms with van der Waals surface area (Å²) in [5.41, 5.74) is 3.56. The number of aromatic nitrogens is 3. The van der Waals surface area contributed by atoms with Gasteiger partial charge in [0.05, 0.1) is 6.61 Å². The van der Waals surface area contributed by atoms with E-state index in [-0.39, 0.29) is 5.69 Å². The summed E-state index contributed by atoms with van der Waals surface area (Å²) in [6.45, 7) is 2.11. The SMILES string of the molecule is CCOC(=O)c1nc2ccc(C3CC3)cn2c1Nc1ccc(C2CC2)cn1. The fourth-order valence-electron chi connectivity index (χ4n) is 3.44. The van der Waals surface area contributed by atoms with Crippen molar-refractivity contribution in [3.05, 3.63) is 53.5 Å². The minimum absolute atomic E-state index is 0.290. The molecule has 0 amide bonds. The molecule has 2 aliphatic rings. The van der Waals surface area contributed by atoms with Crippen LogP contribution in [0.15, 0.2) is 36.7 Å². The zero-order valence-corrected chi connectivity index (χ0v) is 15.3. The second-order valence-corrected chi connectivity index (χ2v) is 7.37. The summed E-state index contributed by atoms with van der Waals surface area (Å²) < 4.78 is 7.15. The van der Waals surface area contributed by atoms with Crippen LogP contribution in [0.4, 0.5) is 11.6 Å². The molecule has 0 unspecified atom stereocenters. The molecule has 0 aliphatic heterocycles. The Bertz CT molecular complexity index is 1000. The van der Waals surface area contributed by atoms with E-state index >= 15 is 0 Å². The molecule has 27 heavy (non-hydrogen) atoms. The number of imidazole rings is 1. The van der Waals surface area contributed by atoms with Gasteiger partial charge in [0.2, 0.25) is 0 Å². The molecule has 3 heterocycles. The molecule has 2 saturated carbocycles. The summed E-state index contributed by atoms with van der Waals surface area (Å²) in [7, 11) is 0. The molecule has 0 radical (unpaired) electrons. The molecule has 0 atom stereocenters. The highest BCUT2D eigenvalue weighted by Gasteiger charge is 2.27. The Morgan fingerprint density at radius 2 is 1.89 bits per heavy atom. The van der Waals surface area contributed by atoms with Gasteiger partial charge in [-0.1, -0.05) is 12.1 Å². The van der Waals surface area contributed by atoms with Crippen LogP contribution in [0.5, 0.6) is 0 Å². The van der Waals surface area contributed by atoms with E-state index in [1.54, 1.807) is 6.92 Å². The molecule has 0 bridgehead atoms. The lowest BCUT2D eigenvalue weighted by atomic mass is 10.2. The number of ether oxygens (including phenoxy) is 1. The van der Waals surface area contributed by atoms with Gasteiger partial charge in [-0.15, -0.1) is 0 Å². The first-order valence-corrected chi connectivity index (χ1v) is 9.65. The maximum Gasteiger partial charge on any atom is 0.360 e. The highest BCUT2D eigenvalue weighted by Crippen LogP contribution is 2.41. The molecule has 0 aromatic carbocycles. The van der Waals surface area contributed by atoms with E-state index in [0.717, 1.165) is 5.65 Å². The zero-order valence-electron chi connectivity index (χ0n) is 15.3. The highest BCUT2D eigenvalue weighted by atomic mass is 16.5. The van der Waals surface area contributed by atoms with E-state index in [9.17, 15) is 4.79 Å². The smallest absolute Gasteiger partial charge is 0.360 e. The second-order valence-electron chi connectivity index (χ2n) is 7.37. The van der Waals surface area contributed by atoms with Crippen molar-refractivity contribution in [1.29, 1.82) is 0 Å². The summed E-state index contributed by atoms with van der Waals surface area (Å²) in [6, 6.07) is 8.13. The van der Waals surface area contributed by atoms with Crippen LogP contribution in [0.25, 0.3) is 5.65 Å². The molecule has 5 rings (SSSR count). The number of carbonyl (C=O) groups excluding carboxylic acids is 1. The van der Waals surface area contributed by atoms with Crippen LogP contribution < -0.4 is 5.32 Å². The number of carbonyl (C=O) groups is 1. The molecule has 2 aliphatic carbocycles. The summed E-state index contributed by atoms with van der Waals surface area (Å²) in [5.74, 6) is 2.16. The van der Waals surface area contributed by atoms with Gasteiger partial charge in [-0.2, -0.15) is 0 Å². The molecule has 3 aromatic rings. The Morgan fingerprint density at radius 1 is 1.15 bits per heavy atom. The van der Waals surface area contributed by atoms with Crippen LogP contribution >= 0.6 is 0 Å². The number of esters is 1. The Balaban J connectivity index is 1.54. The Hall–Kier alpha value is -2.89. The van der Waals surface area contributed by atoms with Crippen molar-refractivity contribution in [2.24, 2.45) is 0 Å². The fraction of sp³-hybridized carbons (Fsp3) is 0.381. The molecule has 1 N–H and O–H groups in total. The van der Waals surface area contributed by atoms with E-state index in [0.29, 0.717) is 30.1 Å². The average molecular weight is 362 g/mol. The van der Waals surface area contributed by atoms with E-state index in [2.05, 4.69) is 33.6 Å². The van der Waals surface area contributed by atoms with E-state index in [1.807, 2.05) is 22.7 Å². The van der Waals surface area contributed by atoms with Gasteiger partial charge in [-0.05, 0) is 67.7 Å². The molecular weight excluding hydrogens is 340 g/mol. The first-order chi connectivity index (χ1) is 13.2. The number of hydrogen-bond acceptors (Lipinski definition) is 5. The predicted octanol–water partition coefficient (Wildman–Crippen LogP) is 4.40. The number of nitrogens with zero attached hydrogens (tertiary/aromatic N) is 3.